The number of rotatable bonds is 2. The molecule has 1 spiro atoms. The van der Waals surface area contributed by atoms with Crippen LogP contribution in [0.2, 0.25) is 0 Å². The zero-order chi connectivity index (χ0) is 11.8. The molecule has 0 bridgehead atoms. The van der Waals surface area contributed by atoms with Gasteiger partial charge in [-0.15, -0.1) is 0 Å². The number of carbonyl (C=O) groups is 2. The summed E-state index contributed by atoms with van der Waals surface area (Å²) in [5.74, 6) is -1.48. The van der Waals surface area contributed by atoms with Gasteiger partial charge in [-0.1, -0.05) is 13.8 Å². The van der Waals surface area contributed by atoms with Gasteiger partial charge in [-0.3, -0.25) is 9.59 Å². The minimum Gasteiger partial charge on any atom is -0.402 e. The summed E-state index contributed by atoms with van der Waals surface area (Å²) in [4.78, 5) is 23.4. The topological polar surface area (TPSA) is 52.6 Å². The lowest BCUT2D eigenvalue weighted by molar-refractivity contribution is -0.203. The maximum atomic E-state index is 11.7. The molecule has 1 fully saturated rings. The zero-order valence-electron chi connectivity index (χ0n) is 8.97. The summed E-state index contributed by atoms with van der Waals surface area (Å²) in [5, 5.41) is 3.49. The quantitative estimate of drug-likeness (QED) is 0.561. The average molecular weight is 260 g/mol. The second-order valence-electron chi connectivity index (χ2n) is 4.03. The van der Waals surface area contributed by atoms with Gasteiger partial charge in [0.15, 0.2) is 5.92 Å². The normalized spacial score (nSPS) is 23.9. The van der Waals surface area contributed by atoms with Crippen LogP contribution in [0.1, 0.15) is 20.3 Å². The van der Waals surface area contributed by atoms with Crippen molar-refractivity contribution in [3.63, 3.8) is 0 Å². The van der Waals surface area contributed by atoms with Crippen LogP contribution >= 0.6 is 23.5 Å². The van der Waals surface area contributed by atoms with Gasteiger partial charge in [0, 0.05) is 0 Å². The van der Waals surface area contributed by atoms with Crippen LogP contribution in [0.3, 0.4) is 0 Å². The SMILES string of the molecule is CC(C)CC1C(=O)OC2(OC1=O)SC=CS2. The third-order valence-corrected chi connectivity index (χ3v) is 4.41. The van der Waals surface area contributed by atoms with E-state index in [1.807, 2.05) is 13.8 Å². The number of esters is 2. The fourth-order valence-corrected chi connectivity index (χ4v) is 3.37. The van der Waals surface area contributed by atoms with Gasteiger partial charge in [0.25, 0.3) is 0 Å². The molecule has 2 aliphatic rings. The monoisotopic (exact) mass is 260 g/mol. The summed E-state index contributed by atoms with van der Waals surface area (Å²) in [5.41, 5.74) is 0. The highest BCUT2D eigenvalue weighted by Crippen LogP contribution is 2.49. The van der Waals surface area contributed by atoms with Crippen molar-refractivity contribution in [2.75, 3.05) is 0 Å². The Morgan fingerprint density at radius 1 is 1.25 bits per heavy atom. The Labute approximate surface area is 102 Å². The van der Waals surface area contributed by atoms with E-state index in [1.165, 1.54) is 23.5 Å². The molecule has 0 radical (unpaired) electrons. The van der Waals surface area contributed by atoms with Crippen molar-refractivity contribution < 1.29 is 19.1 Å². The van der Waals surface area contributed by atoms with Gasteiger partial charge in [0.2, 0.25) is 0 Å². The van der Waals surface area contributed by atoms with E-state index >= 15 is 0 Å². The van der Waals surface area contributed by atoms with Crippen molar-refractivity contribution in [3.05, 3.63) is 10.8 Å². The van der Waals surface area contributed by atoms with Gasteiger partial charge in [-0.2, -0.15) is 0 Å². The summed E-state index contributed by atoms with van der Waals surface area (Å²) in [6.07, 6.45) is 0.469. The van der Waals surface area contributed by atoms with Crippen molar-refractivity contribution in [2.45, 2.75) is 24.7 Å². The number of hydrogen-bond acceptors (Lipinski definition) is 6. The molecule has 0 aromatic carbocycles. The van der Waals surface area contributed by atoms with Crippen LogP contribution in [0.25, 0.3) is 0 Å². The van der Waals surface area contributed by atoms with Crippen molar-refractivity contribution in [1.82, 2.24) is 0 Å². The molecule has 0 unspecified atom stereocenters. The number of hydrogen-bond donors (Lipinski definition) is 0. The molecule has 88 valence electrons. The van der Waals surface area contributed by atoms with Gasteiger partial charge in [-0.25, -0.2) is 0 Å². The molecular weight excluding hydrogens is 248 g/mol. The average Bonchev–Trinajstić information content (AvgIpc) is 2.60. The number of ether oxygens (including phenoxy) is 2. The number of carbonyl (C=O) groups excluding carboxylic acids is 2. The predicted molar refractivity (Wildman–Crippen MR) is 62.2 cm³/mol. The molecule has 0 atom stereocenters. The minimum atomic E-state index is -1.19. The van der Waals surface area contributed by atoms with Crippen molar-refractivity contribution >= 4 is 35.5 Å². The third kappa shape index (κ3) is 2.22. The molecule has 4 nitrogen and oxygen atoms in total. The first-order chi connectivity index (χ1) is 7.52. The summed E-state index contributed by atoms with van der Waals surface area (Å²) < 4.78 is 9.21. The van der Waals surface area contributed by atoms with Crippen LogP contribution < -0.4 is 0 Å². The summed E-state index contributed by atoms with van der Waals surface area (Å²) in [7, 11) is 0. The molecule has 0 aliphatic carbocycles. The maximum Gasteiger partial charge on any atom is 0.366 e. The van der Waals surface area contributed by atoms with E-state index in [0.29, 0.717) is 6.42 Å². The minimum absolute atomic E-state index is 0.251. The Kier molecular flexibility index (Phi) is 3.21. The van der Waals surface area contributed by atoms with Crippen molar-refractivity contribution in [3.8, 4) is 0 Å². The van der Waals surface area contributed by atoms with Crippen molar-refractivity contribution in [2.24, 2.45) is 11.8 Å². The molecule has 16 heavy (non-hydrogen) atoms. The van der Waals surface area contributed by atoms with Gasteiger partial charge < -0.3 is 9.47 Å². The Bertz CT molecular complexity index is 323. The Morgan fingerprint density at radius 3 is 2.19 bits per heavy atom. The lowest BCUT2D eigenvalue weighted by Crippen LogP contribution is -2.45. The molecule has 0 amide bonds. The molecule has 2 rings (SSSR count). The van der Waals surface area contributed by atoms with E-state index in [9.17, 15) is 9.59 Å². The first kappa shape index (κ1) is 11.9. The third-order valence-electron chi connectivity index (χ3n) is 2.21. The molecule has 6 heteroatoms. The maximum absolute atomic E-state index is 11.7. The van der Waals surface area contributed by atoms with Crippen molar-refractivity contribution in [1.29, 1.82) is 0 Å². The van der Waals surface area contributed by atoms with E-state index in [4.69, 9.17) is 9.47 Å². The summed E-state index contributed by atoms with van der Waals surface area (Å²) >= 11 is 2.38. The largest absolute Gasteiger partial charge is 0.402 e. The fourth-order valence-electron chi connectivity index (χ4n) is 1.52. The Balaban J connectivity index is 2.08. The van der Waals surface area contributed by atoms with E-state index in [2.05, 4.69) is 0 Å². The lowest BCUT2D eigenvalue weighted by Gasteiger charge is -2.33. The first-order valence-electron chi connectivity index (χ1n) is 4.99. The highest BCUT2D eigenvalue weighted by atomic mass is 32.2. The first-order valence-corrected chi connectivity index (χ1v) is 6.75. The highest BCUT2D eigenvalue weighted by molar-refractivity contribution is 8.23. The molecule has 0 aromatic heterocycles. The van der Waals surface area contributed by atoms with Crippen LogP contribution in [-0.2, 0) is 19.1 Å². The van der Waals surface area contributed by atoms with Crippen LogP contribution in [0.15, 0.2) is 10.8 Å². The predicted octanol–water partition coefficient (Wildman–Crippen LogP) is 2.31. The van der Waals surface area contributed by atoms with Crippen LogP contribution in [-0.4, -0.2) is 16.4 Å². The van der Waals surface area contributed by atoms with E-state index in [-0.39, 0.29) is 5.92 Å². The summed E-state index contributed by atoms with van der Waals surface area (Å²) in [6, 6.07) is 0. The van der Waals surface area contributed by atoms with Crippen LogP contribution in [0, 0.1) is 11.8 Å². The molecule has 0 aromatic rings. The van der Waals surface area contributed by atoms with Gasteiger partial charge >= 0.3 is 16.4 Å². The van der Waals surface area contributed by atoms with Gasteiger partial charge in [0.1, 0.15) is 0 Å². The second-order valence-corrected chi connectivity index (χ2v) is 6.38. The fraction of sp³-hybridized carbons (Fsp3) is 0.600. The van der Waals surface area contributed by atoms with Crippen LogP contribution in [0.4, 0.5) is 0 Å². The van der Waals surface area contributed by atoms with E-state index in [0.717, 1.165) is 0 Å². The lowest BCUT2D eigenvalue weighted by atomic mass is 9.97. The Hall–Kier alpha value is -0.620. The smallest absolute Gasteiger partial charge is 0.366 e. The molecular formula is C10H12O4S2. The van der Waals surface area contributed by atoms with E-state index < -0.39 is 22.3 Å². The number of thioether (sulfide) groups is 2. The molecule has 0 N–H and O–H groups in total. The summed E-state index contributed by atoms with van der Waals surface area (Å²) in [6.45, 7) is 3.90. The zero-order valence-corrected chi connectivity index (χ0v) is 10.6. The highest BCUT2D eigenvalue weighted by Gasteiger charge is 2.51. The van der Waals surface area contributed by atoms with Crippen LogP contribution in [0.5, 0.6) is 0 Å². The molecule has 2 aliphatic heterocycles. The van der Waals surface area contributed by atoms with Gasteiger partial charge in [0.05, 0.1) is 0 Å². The van der Waals surface area contributed by atoms with E-state index in [1.54, 1.807) is 10.8 Å². The standard InChI is InChI=1S/C10H12O4S2/c1-6(2)5-7-8(11)13-10(14-9(7)12)15-3-4-16-10/h3-4,6-7H,5H2,1-2H3. The Morgan fingerprint density at radius 2 is 1.75 bits per heavy atom. The van der Waals surface area contributed by atoms with Gasteiger partial charge in [-0.05, 0) is 46.7 Å². The molecule has 0 saturated carbocycles. The molecule has 1 saturated heterocycles. The molecule has 2 heterocycles. The second kappa shape index (κ2) is 4.33.